The molecular weight excluding hydrogens is 362 g/mol. The Morgan fingerprint density at radius 2 is 1.91 bits per heavy atom. The number of tetrazole rings is 1. The first kappa shape index (κ1) is 17.3. The van der Waals surface area contributed by atoms with Crippen molar-refractivity contribution in [1.82, 2.24) is 25.5 Å². The van der Waals surface area contributed by atoms with Crippen molar-refractivity contribution >= 4 is 27.6 Å². The van der Waals surface area contributed by atoms with Gasteiger partial charge in [-0.15, -0.1) is 10.2 Å². The highest BCUT2D eigenvalue weighted by atomic mass is 79.9. The molecule has 0 saturated heterocycles. The van der Waals surface area contributed by atoms with Gasteiger partial charge >= 0.3 is 0 Å². The Morgan fingerprint density at radius 3 is 2.48 bits per heavy atom. The fourth-order valence-electron chi connectivity index (χ4n) is 2.11. The van der Waals surface area contributed by atoms with Crippen LogP contribution in [0.15, 0.2) is 28.7 Å². The van der Waals surface area contributed by atoms with E-state index in [0.717, 1.165) is 10.0 Å². The van der Waals surface area contributed by atoms with Gasteiger partial charge in [0.1, 0.15) is 6.54 Å². The number of hydrogen-bond donors (Lipinski definition) is 1. The van der Waals surface area contributed by atoms with Crippen LogP contribution in [0.1, 0.15) is 20.8 Å². The maximum atomic E-state index is 12.0. The minimum atomic E-state index is -0.503. The molecule has 0 aliphatic rings. The molecular formula is C15H18BrN5O2. The lowest BCUT2D eigenvalue weighted by Crippen LogP contribution is -2.44. The second-order valence-electron chi connectivity index (χ2n) is 5.55. The normalized spacial score (nSPS) is 12.2. The average molecular weight is 380 g/mol. The van der Waals surface area contributed by atoms with Crippen LogP contribution < -0.4 is 5.32 Å². The van der Waals surface area contributed by atoms with Crippen LogP contribution in [0.2, 0.25) is 0 Å². The van der Waals surface area contributed by atoms with Gasteiger partial charge in [0.05, 0.1) is 6.04 Å². The van der Waals surface area contributed by atoms with E-state index >= 15 is 0 Å². The number of amides is 1. The number of nitrogens with one attached hydrogen (secondary N) is 1. The lowest BCUT2D eigenvalue weighted by Gasteiger charge is -2.19. The first-order valence-electron chi connectivity index (χ1n) is 7.20. The summed E-state index contributed by atoms with van der Waals surface area (Å²) in [4.78, 5) is 24.8. The molecule has 0 aliphatic heterocycles. The molecule has 122 valence electrons. The summed E-state index contributed by atoms with van der Waals surface area (Å²) in [7, 11) is 0. The molecule has 2 rings (SSSR count). The summed E-state index contributed by atoms with van der Waals surface area (Å²) in [6.07, 6.45) is 0. The number of carbonyl (C=O) groups excluding carboxylic acids is 2. The molecule has 1 aromatic carbocycles. The van der Waals surface area contributed by atoms with Crippen LogP contribution in [0.5, 0.6) is 0 Å². The highest BCUT2D eigenvalue weighted by Crippen LogP contribution is 2.17. The second-order valence-corrected chi connectivity index (χ2v) is 6.47. The van der Waals surface area contributed by atoms with Gasteiger partial charge in [0.2, 0.25) is 11.7 Å². The molecule has 1 N–H and O–H groups in total. The number of benzene rings is 1. The van der Waals surface area contributed by atoms with Crippen LogP contribution in [-0.2, 0) is 16.1 Å². The number of carbonyl (C=O) groups is 2. The summed E-state index contributed by atoms with van der Waals surface area (Å²) >= 11 is 3.36. The molecule has 7 nitrogen and oxygen atoms in total. The molecule has 1 amide bonds. The molecule has 8 heteroatoms. The summed E-state index contributed by atoms with van der Waals surface area (Å²) in [6, 6.07) is 6.97. The third-order valence-corrected chi connectivity index (χ3v) is 3.79. The number of aromatic nitrogens is 4. The number of Topliss-reactive ketones (excluding diaryl/α,β-unsaturated/α-hetero) is 1. The second kappa shape index (κ2) is 7.45. The number of hydrogen-bond acceptors (Lipinski definition) is 5. The predicted octanol–water partition coefficient (Wildman–Crippen LogP) is 1.83. The maximum Gasteiger partial charge on any atom is 0.244 e. The van der Waals surface area contributed by atoms with Gasteiger partial charge in [0.25, 0.3) is 0 Å². The standard InChI is InChI=1S/C15H18BrN5O2/c1-9(2)14(10(3)22)17-13(23)8-21-19-15(18-20-21)11-4-6-12(16)7-5-11/h4-7,9,14H,8H2,1-3H3,(H,17,23)/t14-/m1/s1. The Morgan fingerprint density at radius 1 is 1.26 bits per heavy atom. The van der Waals surface area contributed by atoms with Crippen molar-refractivity contribution in [3.63, 3.8) is 0 Å². The average Bonchev–Trinajstić information content (AvgIpc) is 2.93. The van der Waals surface area contributed by atoms with Crippen molar-refractivity contribution in [2.45, 2.75) is 33.4 Å². The zero-order valence-corrected chi connectivity index (χ0v) is 14.7. The van der Waals surface area contributed by atoms with Gasteiger partial charge in [-0.05, 0) is 42.3 Å². The molecule has 1 atom stereocenters. The van der Waals surface area contributed by atoms with Gasteiger partial charge < -0.3 is 5.32 Å². The number of ketones is 1. The molecule has 0 spiro atoms. The van der Waals surface area contributed by atoms with Gasteiger partial charge in [-0.1, -0.05) is 29.8 Å². The van der Waals surface area contributed by atoms with E-state index in [4.69, 9.17) is 0 Å². The Balaban J connectivity index is 2.02. The first-order chi connectivity index (χ1) is 10.9. The molecule has 1 aromatic heterocycles. The summed E-state index contributed by atoms with van der Waals surface area (Å²) in [5, 5.41) is 14.7. The fourth-order valence-corrected chi connectivity index (χ4v) is 2.37. The van der Waals surface area contributed by atoms with Crippen LogP contribution in [0.25, 0.3) is 11.4 Å². The SMILES string of the molecule is CC(=O)[C@H](NC(=O)Cn1nnc(-c2ccc(Br)cc2)n1)C(C)C. The van der Waals surface area contributed by atoms with Crippen molar-refractivity contribution < 1.29 is 9.59 Å². The largest absolute Gasteiger partial charge is 0.344 e. The van der Waals surface area contributed by atoms with Crippen molar-refractivity contribution in [3.8, 4) is 11.4 Å². The van der Waals surface area contributed by atoms with Gasteiger partial charge in [-0.25, -0.2) is 0 Å². The first-order valence-corrected chi connectivity index (χ1v) is 7.99. The van der Waals surface area contributed by atoms with Gasteiger partial charge in [-0.2, -0.15) is 4.80 Å². The highest BCUT2D eigenvalue weighted by Gasteiger charge is 2.21. The van der Waals surface area contributed by atoms with E-state index in [2.05, 4.69) is 36.7 Å². The van der Waals surface area contributed by atoms with Gasteiger partial charge in [0.15, 0.2) is 5.78 Å². The fraction of sp³-hybridized carbons (Fsp3) is 0.400. The Bertz CT molecular complexity index is 696. The van der Waals surface area contributed by atoms with E-state index in [1.54, 1.807) is 0 Å². The summed E-state index contributed by atoms with van der Waals surface area (Å²) < 4.78 is 0.956. The predicted molar refractivity (Wildman–Crippen MR) is 88.4 cm³/mol. The molecule has 23 heavy (non-hydrogen) atoms. The number of halogens is 1. The minimum Gasteiger partial charge on any atom is -0.344 e. The van der Waals surface area contributed by atoms with E-state index in [0.29, 0.717) is 5.82 Å². The molecule has 0 aliphatic carbocycles. The Kier molecular flexibility index (Phi) is 5.59. The summed E-state index contributed by atoms with van der Waals surface area (Å²) in [5.41, 5.74) is 0.809. The molecule has 2 aromatic rings. The molecule has 0 bridgehead atoms. The highest BCUT2D eigenvalue weighted by molar-refractivity contribution is 9.10. The molecule has 0 saturated carbocycles. The number of nitrogens with zero attached hydrogens (tertiary/aromatic N) is 4. The number of rotatable bonds is 6. The van der Waals surface area contributed by atoms with Crippen LogP contribution in [0.4, 0.5) is 0 Å². The van der Waals surface area contributed by atoms with E-state index in [-0.39, 0.29) is 24.2 Å². The molecule has 0 fully saturated rings. The quantitative estimate of drug-likeness (QED) is 0.826. The maximum absolute atomic E-state index is 12.0. The van der Waals surface area contributed by atoms with E-state index < -0.39 is 6.04 Å². The van der Waals surface area contributed by atoms with E-state index in [1.165, 1.54) is 11.7 Å². The zero-order chi connectivity index (χ0) is 17.0. The smallest absolute Gasteiger partial charge is 0.244 e. The third-order valence-electron chi connectivity index (χ3n) is 3.26. The minimum absolute atomic E-state index is 0.0264. The summed E-state index contributed by atoms with van der Waals surface area (Å²) in [5.74, 6) is 0.0740. The zero-order valence-electron chi connectivity index (χ0n) is 13.2. The monoisotopic (exact) mass is 379 g/mol. The van der Waals surface area contributed by atoms with Crippen molar-refractivity contribution in [1.29, 1.82) is 0 Å². The lowest BCUT2D eigenvalue weighted by atomic mass is 10.0. The van der Waals surface area contributed by atoms with Gasteiger partial charge in [0, 0.05) is 10.0 Å². The van der Waals surface area contributed by atoms with E-state index in [1.807, 2.05) is 38.1 Å². The van der Waals surface area contributed by atoms with Crippen molar-refractivity contribution in [2.24, 2.45) is 5.92 Å². The van der Waals surface area contributed by atoms with Crippen LogP contribution in [-0.4, -0.2) is 37.9 Å². The van der Waals surface area contributed by atoms with Crippen LogP contribution in [0.3, 0.4) is 0 Å². The Hall–Kier alpha value is -2.09. The molecule has 0 radical (unpaired) electrons. The topological polar surface area (TPSA) is 89.8 Å². The van der Waals surface area contributed by atoms with Crippen molar-refractivity contribution in [2.75, 3.05) is 0 Å². The van der Waals surface area contributed by atoms with Gasteiger partial charge in [-0.3, -0.25) is 9.59 Å². The summed E-state index contributed by atoms with van der Waals surface area (Å²) in [6.45, 7) is 5.14. The third kappa shape index (κ3) is 4.69. The molecule has 1 heterocycles. The van der Waals surface area contributed by atoms with E-state index in [9.17, 15) is 9.59 Å². The Labute approximate surface area is 142 Å². The van der Waals surface area contributed by atoms with Crippen LogP contribution >= 0.6 is 15.9 Å². The molecule has 0 unspecified atom stereocenters. The lowest BCUT2D eigenvalue weighted by molar-refractivity contribution is -0.128. The van der Waals surface area contributed by atoms with Crippen LogP contribution in [0, 0.1) is 5.92 Å². The van der Waals surface area contributed by atoms with Crippen molar-refractivity contribution in [3.05, 3.63) is 28.7 Å².